The normalized spacial score (nSPS) is 11.9. The molecule has 0 saturated heterocycles. The number of rotatable bonds is 7. The molecule has 21 heavy (non-hydrogen) atoms. The fourth-order valence-electron chi connectivity index (χ4n) is 2.62. The van der Waals surface area contributed by atoms with Gasteiger partial charge < -0.3 is 0 Å². The van der Waals surface area contributed by atoms with Gasteiger partial charge in [0, 0.05) is 5.92 Å². The summed E-state index contributed by atoms with van der Waals surface area (Å²) in [4.78, 5) is 12.1. The lowest BCUT2D eigenvalue weighted by atomic mass is 9.99. The van der Waals surface area contributed by atoms with E-state index in [0.29, 0.717) is 24.0 Å². The van der Waals surface area contributed by atoms with E-state index >= 15 is 0 Å². The molecule has 1 aromatic rings. The maximum Gasteiger partial charge on any atom is 0.297 e. The van der Waals surface area contributed by atoms with Gasteiger partial charge in [-0.25, -0.2) is 0 Å². The molecular formula is C16H24O4S. The van der Waals surface area contributed by atoms with Crippen LogP contribution >= 0.6 is 0 Å². The first kappa shape index (κ1) is 17.9. The molecule has 0 heterocycles. The van der Waals surface area contributed by atoms with Crippen LogP contribution < -0.4 is 0 Å². The van der Waals surface area contributed by atoms with E-state index in [1.807, 2.05) is 20.8 Å². The maximum absolute atomic E-state index is 12.3. The summed E-state index contributed by atoms with van der Waals surface area (Å²) in [6.07, 6.45) is 1.39. The van der Waals surface area contributed by atoms with E-state index in [1.54, 1.807) is 26.0 Å². The van der Waals surface area contributed by atoms with Gasteiger partial charge in [-0.15, -0.1) is 0 Å². The van der Waals surface area contributed by atoms with Gasteiger partial charge in [-0.05, 0) is 44.7 Å². The highest BCUT2D eigenvalue weighted by atomic mass is 32.2. The van der Waals surface area contributed by atoms with Crippen LogP contribution in [0.1, 0.15) is 43.4 Å². The topological polar surface area (TPSA) is 60.4 Å². The van der Waals surface area contributed by atoms with E-state index in [2.05, 4.69) is 0 Å². The quantitative estimate of drug-likeness (QED) is 0.725. The van der Waals surface area contributed by atoms with Gasteiger partial charge in [0.25, 0.3) is 10.1 Å². The van der Waals surface area contributed by atoms with Crippen molar-refractivity contribution in [1.29, 1.82) is 0 Å². The molecule has 0 spiro atoms. The molecule has 4 nitrogen and oxygen atoms in total. The number of benzene rings is 1. The monoisotopic (exact) mass is 312 g/mol. The highest BCUT2D eigenvalue weighted by molar-refractivity contribution is 7.86. The Balaban J connectivity index is 2.96. The standard InChI is InChI=1S/C16H24O4S/c1-6-14(7-2)15(17)10-20-21(18,19)16-12(4)8-11(3)9-13(16)5/h8-9,14H,6-7,10H2,1-5H3. The van der Waals surface area contributed by atoms with Gasteiger partial charge in [-0.1, -0.05) is 31.5 Å². The molecule has 1 rings (SSSR count). The number of carbonyl (C=O) groups excluding carboxylic acids is 1. The Labute approximate surface area is 127 Å². The summed E-state index contributed by atoms with van der Waals surface area (Å²) in [5.41, 5.74) is 2.28. The Morgan fingerprint density at radius 3 is 2.00 bits per heavy atom. The zero-order valence-corrected chi connectivity index (χ0v) is 14.2. The molecule has 0 fully saturated rings. The van der Waals surface area contributed by atoms with E-state index in [0.717, 1.165) is 5.56 Å². The van der Waals surface area contributed by atoms with Gasteiger partial charge in [0.2, 0.25) is 0 Å². The van der Waals surface area contributed by atoms with Gasteiger partial charge in [0.1, 0.15) is 6.61 Å². The van der Waals surface area contributed by atoms with Crippen LogP contribution in [-0.2, 0) is 19.1 Å². The van der Waals surface area contributed by atoms with E-state index in [4.69, 9.17) is 4.18 Å². The molecule has 1 aromatic carbocycles. The lowest BCUT2D eigenvalue weighted by Gasteiger charge is -2.14. The zero-order valence-electron chi connectivity index (χ0n) is 13.4. The number of Topliss-reactive ketones (excluding diaryl/α,β-unsaturated/α-hetero) is 1. The second-order valence-corrected chi connectivity index (χ2v) is 6.98. The van der Waals surface area contributed by atoms with Crippen molar-refractivity contribution in [1.82, 2.24) is 0 Å². The summed E-state index contributed by atoms with van der Waals surface area (Å²) in [6, 6.07) is 3.60. The van der Waals surface area contributed by atoms with Crippen molar-refractivity contribution in [3.8, 4) is 0 Å². The molecule has 0 amide bonds. The molecule has 118 valence electrons. The van der Waals surface area contributed by atoms with Gasteiger partial charge in [0.05, 0.1) is 4.90 Å². The van der Waals surface area contributed by atoms with Crippen LogP contribution in [-0.4, -0.2) is 20.8 Å². The minimum absolute atomic E-state index is 0.139. The average molecular weight is 312 g/mol. The minimum Gasteiger partial charge on any atom is -0.297 e. The summed E-state index contributed by atoms with van der Waals surface area (Å²) in [5, 5.41) is 0. The summed E-state index contributed by atoms with van der Waals surface area (Å²) in [5.74, 6) is -0.300. The summed E-state index contributed by atoms with van der Waals surface area (Å²) in [6.45, 7) is 8.82. The van der Waals surface area contributed by atoms with Gasteiger partial charge in [0.15, 0.2) is 5.78 Å². The van der Waals surface area contributed by atoms with Crippen LogP contribution in [0.5, 0.6) is 0 Å². The first-order valence-electron chi connectivity index (χ1n) is 7.22. The second-order valence-electron chi connectivity index (χ2n) is 5.42. The Kier molecular flexibility index (Phi) is 6.10. The lowest BCUT2D eigenvalue weighted by molar-refractivity contribution is -0.125. The molecule has 0 bridgehead atoms. The lowest BCUT2D eigenvalue weighted by Crippen LogP contribution is -2.22. The smallest absolute Gasteiger partial charge is 0.297 e. The van der Waals surface area contributed by atoms with Crippen molar-refractivity contribution in [2.75, 3.05) is 6.61 Å². The SMILES string of the molecule is CCC(CC)C(=O)COS(=O)(=O)c1c(C)cc(C)cc1C. The van der Waals surface area contributed by atoms with Gasteiger partial charge in [-0.2, -0.15) is 8.42 Å². The molecule has 0 radical (unpaired) electrons. The predicted octanol–water partition coefficient (Wildman–Crippen LogP) is 3.32. The van der Waals surface area contributed by atoms with Crippen molar-refractivity contribution in [2.24, 2.45) is 5.92 Å². The predicted molar refractivity (Wildman–Crippen MR) is 82.9 cm³/mol. The Bertz CT molecular complexity index is 590. The van der Waals surface area contributed by atoms with Crippen molar-refractivity contribution in [3.05, 3.63) is 28.8 Å². The molecule has 0 unspecified atom stereocenters. The fourth-order valence-corrected chi connectivity index (χ4v) is 3.91. The van der Waals surface area contributed by atoms with E-state index in [9.17, 15) is 13.2 Å². The molecule has 0 aliphatic carbocycles. The van der Waals surface area contributed by atoms with Crippen molar-refractivity contribution in [3.63, 3.8) is 0 Å². The molecule has 0 saturated carbocycles. The average Bonchev–Trinajstić information content (AvgIpc) is 2.36. The Morgan fingerprint density at radius 1 is 1.10 bits per heavy atom. The molecule has 0 N–H and O–H groups in total. The second kappa shape index (κ2) is 7.18. The third-order valence-corrected chi connectivity index (χ3v) is 5.22. The molecule has 0 aliphatic rings. The van der Waals surface area contributed by atoms with Crippen LogP contribution in [0.3, 0.4) is 0 Å². The molecule has 0 aliphatic heterocycles. The van der Waals surface area contributed by atoms with Gasteiger partial charge in [-0.3, -0.25) is 8.98 Å². The maximum atomic E-state index is 12.3. The third-order valence-electron chi connectivity index (χ3n) is 3.65. The first-order valence-corrected chi connectivity index (χ1v) is 8.63. The molecule has 0 atom stereocenters. The summed E-state index contributed by atoms with van der Waals surface area (Å²) in [7, 11) is -3.90. The Morgan fingerprint density at radius 2 is 1.57 bits per heavy atom. The fraction of sp³-hybridized carbons (Fsp3) is 0.562. The van der Waals surface area contributed by atoms with E-state index in [-0.39, 0.29) is 23.2 Å². The van der Waals surface area contributed by atoms with Crippen LogP contribution in [0.25, 0.3) is 0 Å². The number of hydrogen-bond donors (Lipinski definition) is 0. The highest BCUT2D eigenvalue weighted by Crippen LogP contribution is 2.24. The van der Waals surface area contributed by atoms with Crippen LogP contribution in [0.4, 0.5) is 0 Å². The minimum atomic E-state index is -3.90. The number of carbonyl (C=O) groups is 1. The first-order chi connectivity index (χ1) is 9.72. The third kappa shape index (κ3) is 4.38. The van der Waals surface area contributed by atoms with Gasteiger partial charge >= 0.3 is 0 Å². The van der Waals surface area contributed by atoms with Crippen molar-refractivity contribution in [2.45, 2.75) is 52.4 Å². The van der Waals surface area contributed by atoms with Crippen molar-refractivity contribution >= 4 is 15.9 Å². The summed E-state index contributed by atoms with van der Waals surface area (Å²) >= 11 is 0. The molecule has 5 heteroatoms. The zero-order chi connectivity index (χ0) is 16.2. The van der Waals surface area contributed by atoms with E-state index < -0.39 is 10.1 Å². The van der Waals surface area contributed by atoms with Crippen LogP contribution in [0, 0.1) is 26.7 Å². The van der Waals surface area contributed by atoms with Crippen LogP contribution in [0.2, 0.25) is 0 Å². The Hall–Kier alpha value is -1.20. The number of hydrogen-bond acceptors (Lipinski definition) is 4. The van der Waals surface area contributed by atoms with Crippen molar-refractivity contribution < 1.29 is 17.4 Å². The molecular weight excluding hydrogens is 288 g/mol. The number of aryl methyl sites for hydroxylation is 3. The summed E-state index contributed by atoms with van der Waals surface area (Å²) < 4.78 is 29.6. The highest BCUT2D eigenvalue weighted by Gasteiger charge is 2.24. The largest absolute Gasteiger partial charge is 0.297 e. The van der Waals surface area contributed by atoms with E-state index in [1.165, 1.54) is 0 Å². The van der Waals surface area contributed by atoms with Crippen LogP contribution in [0.15, 0.2) is 17.0 Å². The molecule has 0 aromatic heterocycles. The number of ketones is 1.